The maximum atomic E-state index is 5.81. The van der Waals surface area contributed by atoms with Gasteiger partial charge in [-0.15, -0.1) is 11.8 Å². The molecule has 1 atom stereocenters. The molecule has 0 heterocycles. The van der Waals surface area contributed by atoms with Crippen molar-refractivity contribution in [1.82, 2.24) is 0 Å². The lowest BCUT2D eigenvalue weighted by atomic mass is 10.1. The van der Waals surface area contributed by atoms with Crippen molar-refractivity contribution < 1.29 is 4.74 Å². The second kappa shape index (κ2) is 6.19. The Balaban J connectivity index is 2.63. The highest BCUT2D eigenvalue weighted by atomic mass is 16.5. The summed E-state index contributed by atoms with van der Waals surface area (Å²) in [7, 11) is 0. The highest BCUT2D eigenvalue weighted by Crippen LogP contribution is 2.21. The van der Waals surface area contributed by atoms with Gasteiger partial charge in [0.15, 0.2) is 0 Å². The Kier molecular flexibility index (Phi) is 4.88. The number of benzene rings is 1. The van der Waals surface area contributed by atoms with Crippen molar-refractivity contribution in [2.24, 2.45) is 5.73 Å². The van der Waals surface area contributed by atoms with E-state index in [0.29, 0.717) is 6.61 Å². The summed E-state index contributed by atoms with van der Waals surface area (Å²) in [5, 5.41) is 0. The summed E-state index contributed by atoms with van der Waals surface area (Å²) in [6.07, 6.45) is 0.769. The van der Waals surface area contributed by atoms with Crippen LogP contribution in [0.1, 0.15) is 37.4 Å². The first-order valence-electron chi connectivity index (χ1n) is 5.53. The van der Waals surface area contributed by atoms with E-state index in [1.807, 2.05) is 32.9 Å². The quantitative estimate of drug-likeness (QED) is 0.621. The van der Waals surface area contributed by atoms with E-state index in [2.05, 4.69) is 17.9 Å². The Morgan fingerprint density at radius 2 is 2.19 bits per heavy atom. The minimum atomic E-state index is 0.0682. The third kappa shape index (κ3) is 3.60. The lowest BCUT2D eigenvalue weighted by molar-refractivity contribution is 0.325. The Morgan fingerprint density at radius 1 is 1.44 bits per heavy atom. The Morgan fingerprint density at radius 3 is 2.75 bits per heavy atom. The minimum Gasteiger partial charge on any atom is -0.492 e. The zero-order valence-corrected chi connectivity index (χ0v) is 10.2. The van der Waals surface area contributed by atoms with E-state index in [9.17, 15) is 0 Å². The Labute approximate surface area is 97.8 Å². The van der Waals surface area contributed by atoms with Crippen molar-refractivity contribution >= 4 is 0 Å². The lowest BCUT2D eigenvalue weighted by Gasteiger charge is -2.11. The highest BCUT2D eigenvalue weighted by Gasteiger charge is 2.03. The van der Waals surface area contributed by atoms with Gasteiger partial charge in [0, 0.05) is 12.5 Å². The van der Waals surface area contributed by atoms with Crippen molar-refractivity contribution in [2.45, 2.75) is 33.2 Å². The van der Waals surface area contributed by atoms with Crippen LogP contribution in [-0.2, 0) is 0 Å². The predicted octanol–water partition coefficient (Wildman–Crippen LogP) is 2.81. The average Bonchev–Trinajstić information content (AvgIpc) is 2.26. The summed E-state index contributed by atoms with van der Waals surface area (Å²) < 4.78 is 5.63. The summed E-state index contributed by atoms with van der Waals surface area (Å²) in [5.74, 6) is 6.74. The summed E-state index contributed by atoms with van der Waals surface area (Å²) in [6, 6.07) is 6.14. The molecule has 0 saturated carbocycles. The van der Waals surface area contributed by atoms with Gasteiger partial charge in [-0.3, -0.25) is 0 Å². The van der Waals surface area contributed by atoms with Crippen LogP contribution < -0.4 is 10.5 Å². The van der Waals surface area contributed by atoms with Gasteiger partial charge < -0.3 is 10.5 Å². The van der Waals surface area contributed by atoms with Gasteiger partial charge in [-0.05, 0) is 38.0 Å². The van der Waals surface area contributed by atoms with Gasteiger partial charge in [-0.2, -0.15) is 0 Å². The van der Waals surface area contributed by atoms with E-state index < -0.39 is 0 Å². The molecule has 0 spiro atoms. The fourth-order valence-corrected chi connectivity index (χ4v) is 1.45. The molecule has 2 heteroatoms. The number of ether oxygens (including phenoxy) is 1. The highest BCUT2D eigenvalue weighted by molar-refractivity contribution is 5.37. The summed E-state index contributed by atoms with van der Waals surface area (Å²) >= 11 is 0. The second-order valence-corrected chi connectivity index (χ2v) is 3.84. The maximum Gasteiger partial charge on any atom is 0.122 e. The number of hydrogen-bond donors (Lipinski definition) is 1. The van der Waals surface area contributed by atoms with Gasteiger partial charge >= 0.3 is 0 Å². The number of hydrogen-bond acceptors (Lipinski definition) is 2. The molecule has 0 saturated heterocycles. The molecule has 0 unspecified atom stereocenters. The molecule has 1 aromatic rings. The topological polar surface area (TPSA) is 35.2 Å². The largest absolute Gasteiger partial charge is 0.492 e. The molecule has 0 bridgehead atoms. The van der Waals surface area contributed by atoms with Crippen LogP contribution in [0.15, 0.2) is 18.2 Å². The van der Waals surface area contributed by atoms with Crippen LogP contribution in [0, 0.1) is 18.8 Å². The van der Waals surface area contributed by atoms with E-state index in [-0.39, 0.29) is 6.04 Å². The smallest absolute Gasteiger partial charge is 0.122 e. The van der Waals surface area contributed by atoms with E-state index in [0.717, 1.165) is 23.3 Å². The third-order valence-electron chi connectivity index (χ3n) is 2.39. The van der Waals surface area contributed by atoms with Crippen molar-refractivity contribution in [1.29, 1.82) is 0 Å². The van der Waals surface area contributed by atoms with E-state index in [4.69, 9.17) is 10.5 Å². The zero-order valence-electron chi connectivity index (χ0n) is 10.2. The molecule has 2 nitrogen and oxygen atoms in total. The van der Waals surface area contributed by atoms with Crippen molar-refractivity contribution in [3.63, 3.8) is 0 Å². The molecule has 1 rings (SSSR count). The first kappa shape index (κ1) is 12.6. The first-order chi connectivity index (χ1) is 7.65. The SMILES string of the molecule is CC#CCCOc1ccc([C@H](C)N)cc1C. The number of aryl methyl sites for hydroxylation is 1. The van der Waals surface area contributed by atoms with Crippen LogP contribution in [0.25, 0.3) is 0 Å². The molecule has 86 valence electrons. The second-order valence-electron chi connectivity index (χ2n) is 3.84. The minimum absolute atomic E-state index is 0.0682. The van der Waals surface area contributed by atoms with Gasteiger partial charge in [-0.25, -0.2) is 0 Å². The normalized spacial score (nSPS) is 11.5. The predicted molar refractivity (Wildman–Crippen MR) is 67.3 cm³/mol. The van der Waals surface area contributed by atoms with Gasteiger partial charge in [-0.1, -0.05) is 12.1 Å². The summed E-state index contributed by atoms with van der Waals surface area (Å²) in [4.78, 5) is 0. The summed E-state index contributed by atoms with van der Waals surface area (Å²) in [5.41, 5.74) is 8.07. The molecule has 16 heavy (non-hydrogen) atoms. The van der Waals surface area contributed by atoms with Crippen LogP contribution in [0.3, 0.4) is 0 Å². The van der Waals surface area contributed by atoms with Gasteiger partial charge in [0.25, 0.3) is 0 Å². The number of nitrogens with two attached hydrogens (primary N) is 1. The van der Waals surface area contributed by atoms with Crippen LogP contribution in [0.4, 0.5) is 0 Å². The maximum absolute atomic E-state index is 5.81. The molecule has 0 amide bonds. The number of rotatable bonds is 4. The van der Waals surface area contributed by atoms with Crippen molar-refractivity contribution in [3.05, 3.63) is 29.3 Å². The van der Waals surface area contributed by atoms with Crippen LogP contribution in [0.2, 0.25) is 0 Å². The van der Waals surface area contributed by atoms with Crippen LogP contribution >= 0.6 is 0 Å². The van der Waals surface area contributed by atoms with Gasteiger partial charge in [0.2, 0.25) is 0 Å². The molecule has 0 fully saturated rings. The molecule has 0 aliphatic carbocycles. The van der Waals surface area contributed by atoms with Crippen molar-refractivity contribution in [2.75, 3.05) is 6.61 Å². The molecule has 1 aromatic carbocycles. The molecule has 0 radical (unpaired) electrons. The van der Waals surface area contributed by atoms with Crippen LogP contribution in [-0.4, -0.2) is 6.61 Å². The fraction of sp³-hybridized carbons (Fsp3) is 0.429. The van der Waals surface area contributed by atoms with E-state index in [1.54, 1.807) is 0 Å². The molecule has 0 aliphatic rings. The fourth-order valence-electron chi connectivity index (χ4n) is 1.45. The van der Waals surface area contributed by atoms with E-state index in [1.165, 1.54) is 0 Å². The molecule has 2 N–H and O–H groups in total. The zero-order chi connectivity index (χ0) is 12.0. The van der Waals surface area contributed by atoms with Gasteiger partial charge in [0.1, 0.15) is 5.75 Å². The van der Waals surface area contributed by atoms with Crippen LogP contribution in [0.5, 0.6) is 5.75 Å². The Hall–Kier alpha value is -1.46. The van der Waals surface area contributed by atoms with Crippen molar-refractivity contribution in [3.8, 4) is 17.6 Å². The van der Waals surface area contributed by atoms with Gasteiger partial charge in [0.05, 0.1) is 6.61 Å². The average molecular weight is 217 g/mol. The van der Waals surface area contributed by atoms with E-state index >= 15 is 0 Å². The molecular weight excluding hydrogens is 198 g/mol. The molecule has 0 aliphatic heterocycles. The summed E-state index contributed by atoms with van der Waals surface area (Å²) in [6.45, 7) is 6.49. The first-order valence-corrected chi connectivity index (χ1v) is 5.53. The Bertz CT molecular complexity index is 399. The molecule has 0 aromatic heterocycles. The third-order valence-corrected chi connectivity index (χ3v) is 2.39. The molecular formula is C14H19NO. The monoisotopic (exact) mass is 217 g/mol. The lowest BCUT2D eigenvalue weighted by Crippen LogP contribution is -2.05. The standard InChI is InChI=1S/C14H19NO/c1-4-5-6-9-16-14-8-7-13(12(3)15)10-11(14)2/h7-8,10,12H,6,9,15H2,1-3H3/t12-/m0/s1.